The molecule has 5 heteroatoms. The maximum atomic E-state index is 13.1. The van der Waals surface area contributed by atoms with E-state index in [1.54, 1.807) is 6.07 Å². The van der Waals surface area contributed by atoms with Crippen LogP contribution in [0.15, 0.2) is 34.8 Å². The predicted octanol–water partition coefficient (Wildman–Crippen LogP) is 4.28. The van der Waals surface area contributed by atoms with Crippen molar-refractivity contribution in [2.45, 2.75) is 13.5 Å². The molecule has 1 N–H and O–H groups in total. The summed E-state index contributed by atoms with van der Waals surface area (Å²) in [6.45, 7) is 3.64. The Morgan fingerprint density at radius 2 is 2.00 bits per heavy atom. The van der Waals surface area contributed by atoms with E-state index in [1.165, 1.54) is 12.1 Å². The van der Waals surface area contributed by atoms with E-state index in [0.29, 0.717) is 19.8 Å². The standard InChI is InChI=1S/C16H15BrFNO2/c1-10-6-12(18)2-3-14(10)19-9-11-7-13(17)16-15(8-11)20-4-5-21-16/h2-3,6-8,19H,4-5,9H2,1H3. The van der Waals surface area contributed by atoms with Crippen LogP contribution in [0.5, 0.6) is 11.5 Å². The second kappa shape index (κ2) is 5.93. The molecule has 1 heterocycles. The molecule has 2 aromatic rings. The number of hydrogen-bond donors (Lipinski definition) is 1. The molecule has 0 fully saturated rings. The number of aryl methyl sites for hydroxylation is 1. The smallest absolute Gasteiger partial charge is 0.175 e. The summed E-state index contributed by atoms with van der Waals surface area (Å²) in [5.41, 5.74) is 2.86. The van der Waals surface area contributed by atoms with Crippen LogP contribution in [0.1, 0.15) is 11.1 Å². The van der Waals surface area contributed by atoms with Gasteiger partial charge in [0.1, 0.15) is 19.0 Å². The fourth-order valence-corrected chi connectivity index (χ4v) is 2.89. The Bertz CT molecular complexity index is 676. The molecule has 0 atom stereocenters. The lowest BCUT2D eigenvalue weighted by Crippen LogP contribution is -2.16. The fourth-order valence-electron chi connectivity index (χ4n) is 2.29. The van der Waals surface area contributed by atoms with Gasteiger partial charge in [-0.25, -0.2) is 4.39 Å². The molecule has 0 saturated carbocycles. The van der Waals surface area contributed by atoms with Crippen molar-refractivity contribution in [1.29, 1.82) is 0 Å². The lowest BCUT2D eigenvalue weighted by atomic mass is 10.1. The van der Waals surface area contributed by atoms with Gasteiger partial charge in [0.05, 0.1) is 4.47 Å². The third kappa shape index (κ3) is 3.13. The van der Waals surface area contributed by atoms with Gasteiger partial charge in [-0.05, 0) is 64.3 Å². The van der Waals surface area contributed by atoms with Crippen LogP contribution in [0.3, 0.4) is 0 Å². The van der Waals surface area contributed by atoms with Crippen LogP contribution in [0.2, 0.25) is 0 Å². The van der Waals surface area contributed by atoms with Gasteiger partial charge in [0.2, 0.25) is 0 Å². The lowest BCUT2D eigenvalue weighted by molar-refractivity contribution is 0.170. The molecule has 0 amide bonds. The number of hydrogen-bond acceptors (Lipinski definition) is 3. The summed E-state index contributed by atoms with van der Waals surface area (Å²) in [5, 5.41) is 3.31. The van der Waals surface area contributed by atoms with Gasteiger partial charge in [-0.15, -0.1) is 0 Å². The Balaban J connectivity index is 1.77. The van der Waals surface area contributed by atoms with E-state index in [2.05, 4.69) is 21.2 Å². The molecule has 0 spiro atoms. The number of ether oxygens (including phenoxy) is 2. The van der Waals surface area contributed by atoms with Gasteiger partial charge in [0, 0.05) is 12.2 Å². The van der Waals surface area contributed by atoms with Crippen LogP contribution in [0.25, 0.3) is 0 Å². The number of benzene rings is 2. The first-order valence-electron chi connectivity index (χ1n) is 6.71. The van der Waals surface area contributed by atoms with E-state index in [0.717, 1.165) is 32.8 Å². The summed E-state index contributed by atoms with van der Waals surface area (Å²) in [6.07, 6.45) is 0. The molecule has 110 valence electrons. The van der Waals surface area contributed by atoms with E-state index in [1.807, 2.05) is 19.1 Å². The zero-order chi connectivity index (χ0) is 14.8. The molecule has 0 aromatic heterocycles. The minimum Gasteiger partial charge on any atom is -0.486 e. The highest BCUT2D eigenvalue weighted by atomic mass is 79.9. The Labute approximate surface area is 131 Å². The summed E-state index contributed by atoms with van der Waals surface area (Å²) in [6, 6.07) is 8.68. The summed E-state index contributed by atoms with van der Waals surface area (Å²) >= 11 is 3.50. The zero-order valence-electron chi connectivity index (χ0n) is 11.6. The quantitative estimate of drug-likeness (QED) is 0.895. The Morgan fingerprint density at radius 1 is 1.19 bits per heavy atom. The van der Waals surface area contributed by atoms with Crippen molar-refractivity contribution in [3.05, 3.63) is 51.7 Å². The molecule has 1 aliphatic heterocycles. The van der Waals surface area contributed by atoms with E-state index in [4.69, 9.17) is 9.47 Å². The van der Waals surface area contributed by atoms with Gasteiger partial charge in [0.25, 0.3) is 0 Å². The van der Waals surface area contributed by atoms with E-state index in [9.17, 15) is 4.39 Å². The second-order valence-corrected chi connectivity index (χ2v) is 5.77. The van der Waals surface area contributed by atoms with Crippen LogP contribution in [-0.4, -0.2) is 13.2 Å². The monoisotopic (exact) mass is 351 g/mol. The normalized spacial score (nSPS) is 13.1. The predicted molar refractivity (Wildman–Crippen MR) is 83.6 cm³/mol. The minimum atomic E-state index is -0.222. The fraction of sp³-hybridized carbons (Fsp3) is 0.250. The summed E-state index contributed by atoms with van der Waals surface area (Å²) < 4.78 is 25.1. The molecular weight excluding hydrogens is 337 g/mol. The van der Waals surface area contributed by atoms with Crippen molar-refractivity contribution in [3.8, 4) is 11.5 Å². The van der Waals surface area contributed by atoms with Crippen molar-refractivity contribution in [2.75, 3.05) is 18.5 Å². The maximum absolute atomic E-state index is 13.1. The molecule has 0 radical (unpaired) electrons. The van der Waals surface area contributed by atoms with Gasteiger partial charge in [-0.1, -0.05) is 0 Å². The Kier molecular flexibility index (Phi) is 4.01. The van der Waals surface area contributed by atoms with Gasteiger partial charge in [-0.3, -0.25) is 0 Å². The van der Waals surface area contributed by atoms with Gasteiger partial charge >= 0.3 is 0 Å². The van der Waals surface area contributed by atoms with Crippen LogP contribution in [-0.2, 0) is 6.54 Å². The average Bonchev–Trinajstić information content (AvgIpc) is 2.46. The first-order valence-corrected chi connectivity index (χ1v) is 7.51. The summed E-state index contributed by atoms with van der Waals surface area (Å²) in [5.74, 6) is 1.28. The highest BCUT2D eigenvalue weighted by Gasteiger charge is 2.16. The first kappa shape index (κ1) is 14.2. The van der Waals surface area contributed by atoms with Crippen LogP contribution in [0.4, 0.5) is 10.1 Å². The van der Waals surface area contributed by atoms with Crippen molar-refractivity contribution in [3.63, 3.8) is 0 Å². The summed E-state index contributed by atoms with van der Waals surface area (Å²) in [7, 11) is 0. The van der Waals surface area contributed by atoms with Gasteiger partial charge in [0.15, 0.2) is 11.5 Å². The number of nitrogens with one attached hydrogen (secondary N) is 1. The van der Waals surface area contributed by atoms with Crippen LogP contribution in [0, 0.1) is 12.7 Å². The second-order valence-electron chi connectivity index (χ2n) is 4.91. The molecule has 2 aromatic carbocycles. The highest BCUT2D eigenvalue weighted by Crippen LogP contribution is 2.38. The highest BCUT2D eigenvalue weighted by molar-refractivity contribution is 9.10. The lowest BCUT2D eigenvalue weighted by Gasteiger charge is -2.20. The van der Waals surface area contributed by atoms with E-state index < -0.39 is 0 Å². The Hall–Kier alpha value is -1.75. The maximum Gasteiger partial charge on any atom is 0.175 e. The van der Waals surface area contributed by atoms with Crippen LogP contribution < -0.4 is 14.8 Å². The molecule has 3 rings (SSSR count). The third-order valence-electron chi connectivity index (χ3n) is 3.33. The Morgan fingerprint density at radius 3 is 2.81 bits per heavy atom. The molecule has 1 aliphatic rings. The van der Waals surface area contributed by atoms with Crippen molar-refractivity contribution in [1.82, 2.24) is 0 Å². The molecule has 0 unspecified atom stereocenters. The van der Waals surface area contributed by atoms with Crippen LogP contribution >= 0.6 is 15.9 Å². The summed E-state index contributed by atoms with van der Waals surface area (Å²) in [4.78, 5) is 0. The number of halogens is 2. The average molecular weight is 352 g/mol. The molecule has 21 heavy (non-hydrogen) atoms. The first-order chi connectivity index (χ1) is 10.1. The van der Waals surface area contributed by atoms with Gasteiger partial charge in [-0.2, -0.15) is 0 Å². The van der Waals surface area contributed by atoms with Crippen molar-refractivity contribution >= 4 is 21.6 Å². The molecule has 3 nitrogen and oxygen atoms in total. The number of rotatable bonds is 3. The molecule has 0 aliphatic carbocycles. The zero-order valence-corrected chi connectivity index (χ0v) is 13.2. The molecule has 0 saturated heterocycles. The molecule has 0 bridgehead atoms. The number of anilines is 1. The number of fused-ring (bicyclic) bond motifs is 1. The van der Waals surface area contributed by atoms with Crippen molar-refractivity contribution < 1.29 is 13.9 Å². The largest absolute Gasteiger partial charge is 0.486 e. The van der Waals surface area contributed by atoms with E-state index >= 15 is 0 Å². The molecular formula is C16H15BrFNO2. The van der Waals surface area contributed by atoms with Crippen molar-refractivity contribution in [2.24, 2.45) is 0 Å². The topological polar surface area (TPSA) is 30.5 Å². The third-order valence-corrected chi connectivity index (χ3v) is 3.92. The SMILES string of the molecule is Cc1cc(F)ccc1NCc1cc(Br)c2c(c1)OCCO2. The van der Waals surface area contributed by atoms with Gasteiger partial charge < -0.3 is 14.8 Å². The van der Waals surface area contributed by atoms with E-state index in [-0.39, 0.29) is 5.82 Å². The minimum absolute atomic E-state index is 0.222.